The highest BCUT2D eigenvalue weighted by atomic mass is 19.2. The zero-order valence-corrected chi connectivity index (χ0v) is 16.4. The van der Waals surface area contributed by atoms with Crippen LogP contribution in [0.2, 0.25) is 0 Å². The summed E-state index contributed by atoms with van der Waals surface area (Å²) in [7, 11) is 5.30. The number of benzene rings is 1. The van der Waals surface area contributed by atoms with Crippen molar-refractivity contribution >= 4 is 5.71 Å². The first-order chi connectivity index (χ1) is 12.8. The van der Waals surface area contributed by atoms with E-state index in [1.165, 1.54) is 13.8 Å². The van der Waals surface area contributed by atoms with E-state index in [4.69, 9.17) is 14.2 Å². The Hall–Kier alpha value is -1.60. The molecule has 0 N–H and O–H groups in total. The quantitative estimate of drug-likeness (QED) is 0.587. The topological polar surface area (TPSA) is 30.7 Å². The van der Waals surface area contributed by atoms with Crippen LogP contribution in [0.5, 0.6) is 5.75 Å². The Morgan fingerprint density at radius 1 is 0.889 bits per heavy atom. The maximum atomic E-state index is 14.5. The van der Waals surface area contributed by atoms with Crippen molar-refractivity contribution in [2.45, 2.75) is 51.4 Å². The number of rotatable bonds is 4. The summed E-state index contributed by atoms with van der Waals surface area (Å²) in [4.78, 5) is 0. The molecular weight excluding hydrogens is 359 g/mol. The highest BCUT2D eigenvalue weighted by Gasteiger charge is 2.46. The van der Waals surface area contributed by atoms with Crippen LogP contribution in [0.4, 0.5) is 13.2 Å². The summed E-state index contributed by atoms with van der Waals surface area (Å²) >= 11 is 0. The molecule has 0 bridgehead atoms. The second-order valence-corrected chi connectivity index (χ2v) is 7.47. The van der Waals surface area contributed by atoms with E-state index in [-0.39, 0.29) is 41.1 Å². The van der Waals surface area contributed by atoms with Gasteiger partial charge in [-0.3, -0.25) is 0 Å². The van der Waals surface area contributed by atoms with Crippen LogP contribution >= 0.6 is 0 Å². The predicted octanol–water partition coefficient (Wildman–Crippen LogP) is 3.40. The van der Waals surface area contributed by atoms with Crippen LogP contribution in [-0.2, 0) is 9.47 Å². The summed E-state index contributed by atoms with van der Waals surface area (Å²) in [6.07, 6.45) is 1.43. The fourth-order valence-corrected chi connectivity index (χ4v) is 4.32. The van der Waals surface area contributed by atoms with Crippen LogP contribution in [0, 0.1) is 37.2 Å². The number of hydrogen-bond acceptors (Lipinski definition) is 3. The van der Waals surface area contributed by atoms with E-state index in [9.17, 15) is 13.2 Å². The number of halogens is 3. The van der Waals surface area contributed by atoms with Gasteiger partial charge in [0.1, 0.15) is 25.5 Å². The lowest BCUT2D eigenvalue weighted by molar-refractivity contribution is -0.510. The fraction of sp³-hybridized carbons (Fsp3) is 0.650. The molecule has 1 heterocycles. The predicted molar refractivity (Wildman–Crippen MR) is 95.2 cm³/mol. The van der Waals surface area contributed by atoms with Gasteiger partial charge in [-0.05, 0) is 20.3 Å². The second kappa shape index (κ2) is 7.80. The van der Waals surface area contributed by atoms with E-state index >= 15 is 0 Å². The van der Waals surface area contributed by atoms with Crippen LogP contribution in [0.25, 0.3) is 0 Å². The number of nitrogens with zero attached hydrogens (tertiary/aromatic N) is 1. The third kappa shape index (κ3) is 3.47. The van der Waals surface area contributed by atoms with Gasteiger partial charge in [-0.15, -0.1) is 0 Å². The molecule has 0 radical (unpaired) electrons. The molecule has 4 nitrogen and oxygen atoms in total. The maximum Gasteiger partial charge on any atom is 0.201 e. The molecule has 0 aromatic heterocycles. The molecule has 0 spiro atoms. The smallest absolute Gasteiger partial charge is 0.201 e. The lowest BCUT2D eigenvalue weighted by atomic mass is 9.77. The Balaban J connectivity index is 1.93. The van der Waals surface area contributed by atoms with Gasteiger partial charge in [0.2, 0.25) is 5.82 Å². The normalized spacial score (nSPS) is 28.3. The molecule has 1 aliphatic carbocycles. The summed E-state index contributed by atoms with van der Waals surface area (Å²) in [6, 6.07) is 0. The average molecular weight is 386 g/mol. The van der Waals surface area contributed by atoms with Gasteiger partial charge in [-0.25, -0.2) is 13.4 Å². The van der Waals surface area contributed by atoms with Gasteiger partial charge in [-0.2, -0.15) is 4.39 Å². The highest BCUT2D eigenvalue weighted by molar-refractivity contribution is 5.84. The first-order valence-electron chi connectivity index (χ1n) is 9.22. The van der Waals surface area contributed by atoms with Gasteiger partial charge in [0, 0.05) is 31.8 Å². The number of ether oxygens (including phenoxy) is 3. The van der Waals surface area contributed by atoms with Crippen LogP contribution in [0.15, 0.2) is 0 Å². The molecule has 1 aromatic rings. The van der Waals surface area contributed by atoms with Crippen LogP contribution in [-0.4, -0.2) is 56.4 Å². The van der Waals surface area contributed by atoms with E-state index in [2.05, 4.69) is 4.58 Å². The lowest BCUT2D eigenvalue weighted by Gasteiger charge is -2.39. The minimum atomic E-state index is -1.19. The van der Waals surface area contributed by atoms with Crippen LogP contribution in [0.1, 0.15) is 30.4 Å². The molecular formula is C20H27F3NO3+. The van der Waals surface area contributed by atoms with Crippen LogP contribution < -0.4 is 4.74 Å². The van der Waals surface area contributed by atoms with Gasteiger partial charge in [0.25, 0.3) is 0 Å². The second-order valence-electron chi connectivity index (χ2n) is 7.47. The van der Waals surface area contributed by atoms with Crippen molar-refractivity contribution < 1.29 is 32.0 Å². The Morgan fingerprint density at radius 2 is 1.56 bits per heavy atom. The van der Waals surface area contributed by atoms with Crippen LogP contribution in [0.3, 0.4) is 0 Å². The minimum Gasteiger partial charge on any atom is -0.486 e. The number of fused-ring (bicyclic) bond motifs is 1. The Labute approximate surface area is 157 Å². The summed E-state index contributed by atoms with van der Waals surface area (Å²) < 4.78 is 62.0. The van der Waals surface area contributed by atoms with Crippen molar-refractivity contribution in [3.05, 3.63) is 28.6 Å². The van der Waals surface area contributed by atoms with E-state index in [1.54, 1.807) is 14.2 Å². The zero-order chi connectivity index (χ0) is 19.9. The summed E-state index contributed by atoms with van der Waals surface area (Å²) in [6.45, 7) is 3.36. The summed E-state index contributed by atoms with van der Waals surface area (Å²) in [5.41, 5.74) is 0.825. The SMILES string of the molecule is COC1CC2=[N+](C)CCC(Oc3c(C)c(F)c(C)c(F)c3F)C2CC1OC. The van der Waals surface area contributed by atoms with Crippen molar-refractivity contribution in [1.29, 1.82) is 0 Å². The highest BCUT2D eigenvalue weighted by Crippen LogP contribution is 2.37. The average Bonchev–Trinajstić information content (AvgIpc) is 2.68. The van der Waals surface area contributed by atoms with Gasteiger partial charge < -0.3 is 14.2 Å². The van der Waals surface area contributed by atoms with E-state index in [0.717, 1.165) is 12.3 Å². The van der Waals surface area contributed by atoms with Gasteiger partial charge in [0.05, 0.1) is 24.5 Å². The number of hydrogen-bond donors (Lipinski definition) is 0. The molecule has 150 valence electrons. The van der Waals surface area contributed by atoms with E-state index in [0.29, 0.717) is 19.3 Å². The standard InChI is InChI=1S/C20H27F3NO3/c1-10-17(21)11(2)20(19(23)18(10)22)27-14-6-7-24(3)13-9-16(26-5)15(25-4)8-12(13)14/h12,14-16H,6-9H2,1-5H3/q+1. The first-order valence-corrected chi connectivity index (χ1v) is 9.22. The molecule has 1 saturated carbocycles. The van der Waals surface area contributed by atoms with Gasteiger partial charge in [-0.1, -0.05) is 0 Å². The number of methoxy groups -OCH3 is 2. The third-order valence-corrected chi connectivity index (χ3v) is 6.02. The third-order valence-electron chi connectivity index (χ3n) is 6.02. The first kappa shape index (κ1) is 20.1. The van der Waals surface area contributed by atoms with Gasteiger partial charge in [0.15, 0.2) is 17.3 Å². The Kier molecular flexibility index (Phi) is 5.82. The monoisotopic (exact) mass is 386 g/mol. The fourth-order valence-electron chi connectivity index (χ4n) is 4.32. The lowest BCUT2D eigenvalue weighted by Crippen LogP contribution is -2.52. The Morgan fingerprint density at radius 3 is 2.19 bits per heavy atom. The molecule has 3 rings (SSSR count). The summed E-state index contributed by atoms with van der Waals surface area (Å²) in [5.74, 6) is -3.43. The van der Waals surface area contributed by atoms with E-state index < -0.39 is 17.5 Å². The molecule has 1 aliphatic heterocycles. The summed E-state index contributed by atoms with van der Waals surface area (Å²) in [5, 5.41) is 0. The molecule has 4 unspecified atom stereocenters. The molecule has 7 heteroatoms. The molecule has 1 fully saturated rings. The molecule has 4 atom stereocenters. The molecule has 0 amide bonds. The van der Waals surface area contributed by atoms with Crippen molar-refractivity contribution in [2.75, 3.05) is 27.8 Å². The van der Waals surface area contributed by atoms with Crippen molar-refractivity contribution in [2.24, 2.45) is 5.92 Å². The largest absolute Gasteiger partial charge is 0.486 e. The molecule has 1 aromatic carbocycles. The minimum absolute atomic E-state index is 0.000692. The maximum absolute atomic E-state index is 14.5. The zero-order valence-electron chi connectivity index (χ0n) is 16.4. The van der Waals surface area contributed by atoms with Crippen molar-refractivity contribution in [3.8, 4) is 5.75 Å². The van der Waals surface area contributed by atoms with Crippen molar-refractivity contribution in [1.82, 2.24) is 0 Å². The van der Waals surface area contributed by atoms with Crippen molar-refractivity contribution in [3.63, 3.8) is 0 Å². The molecule has 2 aliphatic rings. The molecule has 27 heavy (non-hydrogen) atoms. The van der Waals surface area contributed by atoms with Gasteiger partial charge >= 0.3 is 0 Å². The Bertz CT molecular complexity index is 736. The van der Waals surface area contributed by atoms with E-state index in [1.807, 2.05) is 7.05 Å². The molecule has 0 saturated heterocycles.